The lowest BCUT2D eigenvalue weighted by Gasteiger charge is -2.10. The number of hydrogen-bond donors (Lipinski definition) is 2. The zero-order chi connectivity index (χ0) is 18.0. The van der Waals surface area contributed by atoms with Gasteiger partial charge in [0.1, 0.15) is 5.75 Å². The maximum absolute atomic E-state index is 9.46. The molecule has 1 heterocycles. The van der Waals surface area contributed by atoms with Gasteiger partial charge in [-0.05, 0) is 48.4 Å². The van der Waals surface area contributed by atoms with E-state index in [1.54, 1.807) is 24.3 Å². The van der Waals surface area contributed by atoms with E-state index in [1.807, 2.05) is 35.9 Å². The van der Waals surface area contributed by atoms with Crippen LogP contribution in [0, 0.1) is 0 Å². The van der Waals surface area contributed by atoms with Crippen LogP contribution in [0.15, 0.2) is 48.5 Å². The number of nitrogens with two attached hydrogens (primary N) is 1. The lowest BCUT2D eigenvalue weighted by Crippen LogP contribution is -2.10. The molecule has 6 heteroatoms. The molecule has 0 aliphatic heterocycles. The van der Waals surface area contributed by atoms with E-state index < -0.39 is 0 Å². The van der Waals surface area contributed by atoms with Gasteiger partial charge >= 0.3 is 0 Å². The predicted octanol–water partition coefficient (Wildman–Crippen LogP) is 4.89. The molecule has 0 saturated carbocycles. The molecular formula is C19H19Cl2N3O. The van der Waals surface area contributed by atoms with Crippen molar-refractivity contribution in [1.82, 2.24) is 9.78 Å². The van der Waals surface area contributed by atoms with Crippen molar-refractivity contribution in [2.45, 2.75) is 25.8 Å². The van der Waals surface area contributed by atoms with Crippen LogP contribution in [0.3, 0.4) is 0 Å². The molecule has 0 fully saturated rings. The van der Waals surface area contributed by atoms with E-state index in [0.717, 1.165) is 29.1 Å². The summed E-state index contributed by atoms with van der Waals surface area (Å²) in [5.74, 6) is 0.242. The highest BCUT2D eigenvalue weighted by molar-refractivity contribution is 6.35. The first-order chi connectivity index (χ1) is 12.0. The minimum Gasteiger partial charge on any atom is -0.508 e. The van der Waals surface area contributed by atoms with Crippen LogP contribution < -0.4 is 5.73 Å². The summed E-state index contributed by atoms with van der Waals surface area (Å²) in [6, 6.07) is 14.3. The van der Waals surface area contributed by atoms with Crippen molar-refractivity contribution in [3.05, 3.63) is 75.5 Å². The van der Waals surface area contributed by atoms with E-state index >= 15 is 0 Å². The van der Waals surface area contributed by atoms with Crippen molar-refractivity contribution in [3.8, 4) is 11.4 Å². The van der Waals surface area contributed by atoms with Crippen LogP contribution in [0.25, 0.3) is 5.69 Å². The van der Waals surface area contributed by atoms with Crippen LogP contribution in [0.2, 0.25) is 10.0 Å². The standard InChI is InChI=1S/C19H19Cl2N3O/c1-2-17(22)18-11-14(9-12-3-6-15(25)7-4-12)24(23-18)19-8-5-13(20)10-16(19)21/h3-8,10-11,17,25H,2,9,22H2,1H3. The second-order valence-corrected chi connectivity index (χ2v) is 6.77. The molecule has 3 rings (SSSR count). The monoisotopic (exact) mass is 375 g/mol. The Morgan fingerprint density at radius 2 is 1.84 bits per heavy atom. The van der Waals surface area contributed by atoms with Gasteiger partial charge in [-0.15, -0.1) is 0 Å². The normalized spacial score (nSPS) is 12.3. The molecule has 3 aromatic rings. The average Bonchev–Trinajstić information content (AvgIpc) is 3.00. The third-order valence-corrected chi connectivity index (χ3v) is 4.62. The maximum atomic E-state index is 9.46. The summed E-state index contributed by atoms with van der Waals surface area (Å²) in [5.41, 5.74) is 9.77. The van der Waals surface area contributed by atoms with Crippen LogP contribution in [-0.2, 0) is 6.42 Å². The third-order valence-electron chi connectivity index (χ3n) is 4.08. The Kier molecular flexibility index (Phi) is 5.33. The van der Waals surface area contributed by atoms with Crippen molar-refractivity contribution in [2.75, 3.05) is 0 Å². The van der Waals surface area contributed by atoms with Gasteiger partial charge in [0, 0.05) is 23.2 Å². The first-order valence-corrected chi connectivity index (χ1v) is 8.81. The molecule has 1 aromatic heterocycles. The van der Waals surface area contributed by atoms with Gasteiger partial charge in [0.2, 0.25) is 0 Å². The number of aromatic hydroxyl groups is 1. The summed E-state index contributed by atoms with van der Waals surface area (Å²) in [5, 5.41) is 15.2. The zero-order valence-electron chi connectivity index (χ0n) is 13.8. The quantitative estimate of drug-likeness (QED) is 0.667. The Balaban J connectivity index is 2.05. The smallest absolute Gasteiger partial charge is 0.115 e. The van der Waals surface area contributed by atoms with E-state index in [0.29, 0.717) is 16.5 Å². The van der Waals surface area contributed by atoms with E-state index in [-0.39, 0.29) is 11.8 Å². The van der Waals surface area contributed by atoms with Gasteiger partial charge in [-0.2, -0.15) is 5.10 Å². The minimum atomic E-state index is -0.133. The highest BCUT2D eigenvalue weighted by Crippen LogP contribution is 2.28. The lowest BCUT2D eigenvalue weighted by atomic mass is 10.1. The van der Waals surface area contributed by atoms with Crippen molar-refractivity contribution >= 4 is 23.2 Å². The number of phenolic OH excluding ortho intramolecular Hbond substituents is 1. The fourth-order valence-electron chi connectivity index (χ4n) is 2.64. The molecule has 0 saturated heterocycles. The van der Waals surface area contributed by atoms with Crippen molar-refractivity contribution in [2.24, 2.45) is 5.73 Å². The molecule has 1 atom stereocenters. The molecule has 1 unspecified atom stereocenters. The van der Waals surface area contributed by atoms with E-state index in [1.165, 1.54) is 0 Å². The predicted molar refractivity (Wildman–Crippen MR) is 102 cm³/mol. The van der Waals surface area contributed by atoms with Gasteiger partial charge < -0.3 is 10.8 Å². The second kappa shape index (κ2) is 7.48. The van der Waals surface area contributed by atoms with Gasteiger partial charge in [-0.25, -0.2) is 4.68 Å². The molecule has 4 nitrogen and oxygen atoms in total. The van der Waals surface area contributed by atoms with Gasteiger partial charge in [-0.3, -0.25) is 0 Å². The first kappa shape index (κ1) is 17.8. The highest BCUT2D eigenvalue weighted by Gasteiger charge is 2.16. The van der Waals surface area contributed by atoms with Gasteiger partial charge in [-0.1, -0.05) is 42.3 Å². The number of phenols is 1. The molecule has 0 radical (unpaired) electrons. The maximum Gasteiger partial charge on any atom is 0.115 e. The molecule has 3 N–H and O–H groups in total. The molecule has 0 aliphatic rings. The number of halogens is 2. The largest absolute Gasteiger partial charge is 0.508 e. The Morgan fingerprint density at radius 3 is 2.48 bits per heavy atom. The number of benzene rings is 2. The third kappa shape index (κ3) is 3.98. The molecule has 0 aliphatic carbocycles. The van der Waals surface area contributed by atoms with E-state index in [9.17, 15) is 5.11 Å². The summed E-state index contributed by atoms with van der Waals surface area (Å²) in [6.45, 7) is 2.03. The highest BCUT2D eigenvalue weighted by atomic mass is 35.5. The van der Waals surface area contributed by atoms with Gasteiger partial charge in [0.15, 0.2) is 0 Å². The van der Waals surface area contributed by atoms with Crippen LogP contribution >= 0.6 is 23.2 Å². The molecule has 130 valence electrons. The Bertz CT molecular complexity index is 875. The van der Waals surface area contributed by atoms with Gasteiger partial charge in [0.25, 0.3) is 0 Å². The summed E-state index contributed by atoms with van der Waals surface area (Å²) < 4.78 is 1.82. The number of nitrogens with zero attached hydrogens (tertiary/aromatic N) is 2. The SMILES string of the molecule is CCC(N)c1cc(Cc2ccc(O)cc2)n(-c2ccc(Cl)cc2Cl)n1. The van der Waals surface area contributed by atoms with Crippen molar-refractivity contribution in [3.63, 3.8) is 0 Å². The van der Waals surface area contributed by atoms with Crippen LogP contribution in [0.1, 0.15) is 36.3 Å². The Hall–Kier alpha value is -2.01. The molecule has 0 spiro atoms. The van der Waals surface area contributed by atoms with E-state index in [4.69, 9.17) is 28.9 Å². The van der Waals surface area contributed by atoms with Crippen LogP contribution in [0.5, 0.6) is 5.75 Å². The van der Waals surface area contributed by atoms with Crippen molar-refractivity contribution < 1.29 is 5.11 Å². The molecular weight excluding hydrogens is 357 g/mol. The summed E-state index contributed by atoms with van der Waals surface area (Å²) >= 11 is 12.4. The summed E-state index contributed by atoms with van der Waals surface area (Å²) in [6.07, 6.45) is 1.44. The van der Waals surface area contributed by atoms with Crippen LogP contribution in [0.4, 0.5) is 0 Å². The minimum absolute atomic E-state index is 0.133. The lowest BCUT2D eigenvalue weighted by molar-refractivity contribution is 0.475. The summed E-state index contributed by atoms with van der Waals surface area (Å²) in [7, 11) is 0. The Labute approximate surface area is 156 Å². The fourth-order valence-corrected chi connectivity index (χ4v) is 3.13. The molecule has 25 heavy (non-hydrogen) atoms. The second-order valence-electron chi connectivity index (χ2n) is 5.93. The number of hydrogen-bond acceptors (Lipinski definition) is 3. The van der Waals surface area contributed by atoms with Gasteiger partial charge in [0.05, 0.1) is 16.4 Å². The topological polar surface area (TPSA) is 64.1 Å². The number of aromatic nitrogens is 2. The molecule has 2 aromatic carbocycles. The molecule has 0 bridgehead atoms. The van der Waals surface area contributed by atoms with Crippen LogP contribution in [-0.4, -0.2) is 14.9 Å². The molecule has 0 amide bonds. The first-order valence-electron chi connectivity index (χ1n) is 8.05. The Morgan fingerprint density at radius 1 is 1.12 bits per heavy atom. The number of rotatable bonds is 5. The average molecular weight is 376 g/mol. The van der Waals surface area contributed by atoms with Crippen molar-refractivity contribution in [1.29, 1.82) is 0 Å². The zero-order valence-corrected chi connectivity index (χ0v) is 15.3. The summed E-state index contributed by atoms with van der Waals surface area (Å²) in [4.78, 5) is 0. The van der Waals surface area contributed by atoms with E-state index in [2.05, 4.69) is 5.10 Å². The fraction of sp³-hybridized carbons (Fsp3) is 0.211.